The average molecular weight is 515 g/mol. The van der Waals surface area contributed by atoms with Crippen molar-refractivity contribution in [1.82, 2.24) is 19.5 Å². The third-order valence-electron chi connectivity index (χ3n) is 7.03. The number of nitrogens with zero attached hydrogens (tertiary/aromatic N) is 3. The van der Waals surface area contributed by atoms with E-state index in [4.69, 9.17) is 14.4 Å². The van der Waals surface area contributed by atoms with Gasteiger partial charge in [-0.05, 0) is 55.8 Å². The van der Waals surface area contributed by atoms with Crippen LogP contribution in [0, 0.1) is 0 Å². The fraction of sp³-hybridized carbons (Fsp3) is 0.156. The monoisotopic (exact) mass is 514 g/mol. The van der Waals surface area contributed by atoms with Gasteiger partial charge in [-0.25, -0.2) is 9.97 Å². The van der Waals surface area contributed by atoms with Gasteiger partial charge in [0.25, 0.3) is 5.56 Å². The van der Waals surface area contributed by atoms with Crippen molar-refractivity contribution in [1.29, 1.82) is 0 Å². The molecule has 3 heterocycles. The van der Waals surface area contributed by atoms with Gasteiger partial charge in [0.2, 0.25) is 0 Å². The van der Waals surface area contributed by atoms with Crippen molar-refractivity contribution in [3.05, 3.63) is 107 Å². The number of para-hydroxylation sites is 1. The van der Waals surface area contributed by atoms with E-state index in [9.17, 15) is 9.90 Å². The lowest BCUT2D eigenvalue weighted by Crippen LogP contribution is -2.26. The van der Waals surface area contributed by atoms with E-state index in [1.54, 1.807) is 13.8 Å². The van der Waals surface area contributed by atoms with E-state index in [2.05, 4.69) is 11.1 Å². The zero-order valence-corrected chi connectivity index (χ0v) is 21.6. The van der Waals surface area contributed by atoms with Gasteiger partial charge in [-0.3, -0.25) is 4.79 Å². The quantitative estimate of drug-likeness (QED) is 0.285. The minimum atomic E-state index is -0.985. The predicted octanol–water partition coefficient (Wildman–Crippen LogP) is 6.20. The molecule has 0 aliphatic heterocycles. The van der Waals surface area contributed by atoms with Gasteiger partial charge < -0.3 is 19.1 Å². The molecule has 39 heavy (non-hydrogen) atoms. The molecular weight excluding hydrogens is 488 g/mol. The van der Waals surface area contributed by atoms with Crippen LogP contribution in [0.5, 0.6) is 0 Å². The van der Waals surface area contributed by atoms with E-state index in [1.165, 1.54) is 0 Å². The van der Waals surface area contributed by atoms with E-state index in [-0.39, 0.29) is 5.56 Å². The first-order valence-electron chi connectivity index (χ1n) is 12.9. The van der Waals surface area contributed by atoms with Crippen LogP contribution in [0.3, 0.4) is 0 Å². The molecule has 192 valence electrons. The number of furan rings is 1. The molecule has 0 spiro atoms. The topological polar surface area (TPSA) is 96.9 Å². The molecule has 0 unspecified atom stereocenters. The molecule has 0 radical (unpaired) electrons. The fourth-order valence-corrected chi connectivity index (χ4v) is 5.28. The molecule has 0 aliphatic rings. The molecule has 4 aromatic carbocycles. The van der Waals surface area contributed by atoms with Crippen LogP contribution in [-0.2, 0) is 13.0 Å². The second-order valence-corrected chi connectivity index (χ2v) is 10.7. The van der Waals surface area contributed by atoms with E-state index in [1.807, 2.05) is 83.4 Å². The minimum absolute atomic E-state index is 0.209. The molecule has 0 atom stereocenters. The molecule has 7 aromatic rings. The SMILES string of the molecule is CC(C)(O)Cn1c(-c2ccc3oc4ccccc4c3c2)nc2cc3[nH]c(=O)c(Cc4ccccc4)nc3cc21. The van der Waals surface area contributed by atoms with Crippen LogP contribution >= 0.6 is 0 Å². The Balaban J connectivity index is 1.43. The number of fused-ring (bicyclic) bond motifs is 5. The number of benzene rings is 4. The maximum atomic E-state index is 12.9. The maximum Gasteiger partial charge on any atom is 0.270 e. The molecule has 7 nitrogen and oxygen atoms in total. The summed E-state index contributed by atoms with van der Waals surface area (Å²) in [6, 6.07) is 27.6. The molecule has 2 N–H and O–H groups in total. The highest BCUT2D eigenvalue weighted by atomic mass is 16.3. The zero-order chi connectivity index (χ0) is 26.7. The van der Waals surface area contributed by atoms with Crippen molar-refractivity contribution >= 4 is 44.0 Å². The van der Waals surface area contributed by atoms with Gasteiger partial charge in [-0.2, -0.15) is 0 Å². The third kappa shape index (κ3) is 4.17. The van der Waals surface area contributed by atoms with Crippen molar-refractivity contribution in [3.8, 4) is 11.4 Å². The second-order valence-electron chi connectivity index (χ2n) is 10.7. The number of nitrogens with one attached hydrogen (secondary N) is 1. The lowest BCUT2D eigenvalue weighted by atomic mass is 10.1. The lowest BCUT2D eigenvalue weighted by molar-refractivity contribution is 0.0631. The molecule has 7 heteroatoms. The Labute approximate surface area is 223 Å². The maximum absolute atomic E-state index is 12.9. The summed E-state index contributed by atoms with van der Waals surface area (Å²) < 4.78 is 8.05. The Morgan fingerprint density at radius 2 is 1.64 bits per heavy atom. The minimum Gasteiger partial charge on any atom is -0.456 e. The van der Waals surface area contributed by atoms with E-state index < -0.39 is 5.60 Å². The first-order valence-corrected chi connectivity index (χ1v) is 12.9. The Hall–Kier alpha value is -4.75. The van der Waals surface area contributed by atoms with E-state index in [0.717, 1.165) is 44.4 Å². The van der Waals surface area contributed by atoms with Gasteiger partial charge in [-0.15, -0.1) is 0 Å². The Morgan fingerprint density at radius 1 is 0.872 bits per heavy atom. The molecular formula is C32H26N4O3. The summed E-state index contributed by atoms with van der Waals surface area (Å²) in [6.45, 7) is 3.89. The Morgan fingerprint density at radius 3 is 2.46 bits per heavy atom. The molecule has 3 aromatic heterocycles. The first-order chi connectivity index (χ1) is 18.8. The predicted molar refractivity (Wildman–Crippen MR) is 154 cm³/mol. The number of aliphatic hydroxyl groups is 1. The molecule has 0 saturated heterocycles. The molecule has 0 saturated carbocycles. The van der Waals surface area contributed by atoms with Gasteiger partial charge in [-0.1, -0.05) is 48.5 Å². The lowest BCUT2D eigenvalue weighted by Gasteiger charge is -2.20. The van der Waals surface area contributed by atoms with Crippen LogP contribution in [0.25, 0.3) is 55.4 Å². The number of H-pyrrole nitrogens is 1. The molecule has 0 aliphatic carbocycles. The third-order valence-corrected chi connectivity index (χ3v) is 7.03. The number of aromatic nitrogens is 4. The van der Waals surface area contributed by atoms with Crippen LogP contribution < -0.4 is 5.56 Å². The summed E-state index contributed by atoms with van der Waals surface area (Å²) in [5, 5.41) is 12.9. The summed E-state index contributed by atoms with van der Waals surface area (Å²) in [5.41, 5.74) is 5.68. The number of aromatic amines is 1. The summed E-state index contributed by atoms with van der Waals surface area (Å²) in [5.74, 6) is 0.724. The van der Waals surface area contributed by atoms with Crippen molar-refractivity contribution in [2.75, 3.05) is 0 Å². The number of rotatable bonds is 5. The largest absolute Gasteiger partial charge is 0.456 e. The standard InChI is InChI=1S/C32H26N4O3/c1-32(2,38)18-36-27-17-24-23(35-31(37)26(33-24)14-19-8-4-3-5-9-19)16-25(27)34-30(36)20-12-13-29-22(15-20)21-10-6-7-11-28(21)39-29/h3-13,15-17,38H,14,18H2,1-2H3,(H,35,37). The van der Waals surface area contributed by atoms with Gasteiger partial charge in [0.15, 0.2) is 0 Å². The highest BCUT2D eigenvalue weighted by molar-refractivity contribution is 6.06. The van der Waals surface area contributed by atoms with Crippen LogP contribution in [0.4, 0.5) is 0 Å². The van der Waals surface area contributed by atoms with Gasteiger partial charge >= 0.3 is 0 Å². The van der Waals surface area contributed by atoms with Crippen molar-refractivity contribution in [2.45, 2.75) is 32.4 Å². The van der Waals surface area contributed by atoms with Crippen molar-refractivity contribution < 1.29 is 9.52 Å². The second kappa shape index (κ2) is 8.64. The summed E-state index contributed by atoms with van der Waals surface area (Å²) in [7, 11) is 0. The normalized spacial score (nSPS) is 12.3. The van der Waals surface area contributed by atoms with Crippen LogP contribution in [-0.4, -0.2) is 30.2 Å². The summed E-state index contributed by atoms with van der Waals surface area (Å²) >= 11 is 0. The van der Waals surface area contributed by atoms with Crippen LogP contribution in [0.1, 0.15) is 25.1 Å². The molecule has 0 bridgehead atoms. The average Bonchev–Trinajstić information content (AvgIpc) is 3.45. The first kappa shape index (κ1) is 23.4. The van der Waals surface area contributed by atoms with Gasteiger partial charge in [0.1, 0.15) is 22.7 Å². The smallest absolute Gasteiger partial charge is 0.270 e. The summed E-state index contributed by atoms with van der Waals surface area (Å²) in [6.07, 6.45) is 0.441. The van der Waals surface area contributed by atoms with Crippen LogP contribution in [0.2, 0.25) is 0 Å². The zero-order valence-electron chi connectivity index (χ0n) is 21.6. The Bertz CT molecular complexity index is 2080. The summed E-state index contributed by atoms with van der Waals surface area (Å²) in [4.78, 5) is 25.6. The van der Waals surface area contributed by atoms with Gasteiger partial charge in [0, 0.05) is 22.8 Å². The molecule has 0 amide bonds. The Kier molecular flexibility index (Phi) is 5.18. The molecule has 0 fully saturated rings. The van der Waals surface area contributed by atoms with Crippen molar-refractivity contribution in [3.63, 3.8) is 0 Å². The highest BCUT2D eigenvalue weighted by Gasteiger charge is 2.22. The van der Waals surface area contributed by atoms with Gasteiger partial charge in [0.05, 0.1) is 34.2 Å². The van der Waals surface area contributed by atoms with E-state index >= 15 is 0 Å². The molecule has 7 rings (SSSR count). The number of hydrogen-bond donors (Lipinski definition) is 2. The van der Waals surface area contributed by atoms with E-state index in [0.29, 0.717) is 35.2 Å². The van der Waals surface area contributed by atoms with Crippen molar-refractivity contribution in [2.24, 2.45) is 0 Å². The number of imidazole rings is 1. The number of hydrogen-bond acceptors (Lipinski definition) is 5. The fourth-order valence-electron chi connectivity index (χ4n) is 5.28. The van der Waals surface area contributed by atoms with Crippen LogP contribution in [0.15, 0.2) is 94.1 Å². The highest BCUT2D eigenvalue weighted by Crippen LogP contribution is 2.34.